The molecule has 1 N–H and O–H groups in total. The third kappa shape index (κ3) is 2.91. The third-order valence-corrected chi connectivity index (χ3v) is 7.49. The molecular formula is C26H27FN2O4. The van der Waals surface area contributed by atoms with Crippen LogP contribution >= 0.6 is 0 Å². The van der Waals surface area contributed by atoms with Gasteiger partial charge in [0.15, 0.2) is 0 Å². The predicted octanol–water partition coefficient (Wildman–Crippen LogP) is 4.08. The first-order chi connectivity index (χ1) is 15.9. The first-order valence-electron chi connectivity index (χ1n) is 11.4. The summed E-state index contributed by atoms with van der Waals surface area (Å²) in [6.45, 7) is 6.44. The number of halogens is 1. The number of pyridine rings is 2. The first kappa shape index (κ1) is 21.8. The number of aliphatic hydroxyl groups excluding tert-OH is 1. The SMILES string of the molecule is CCC1C(=O)OCc2c1cc1n(c2=O)Cc2c-1nc1cc(F)c(C)c3c1c2[C@@H](C)CC3.CO. The largest absolute Gasteiger partial charge is 0.460 e. The molecule has 2 aromatic heterocycles. The highest BCUT2D eigenvalue weighted by atomic mass is 19.1. The molecule has 33 heavy (non-hydrogen) atoms. The maximum atomic E-state index is 14.7. The summed E-state index contributed by atoms with van der Waals surface area (Å²) in [6.07, 6.45) is 2.36. The molecule has 7 heteroatoms. The molecule has 0 spiro atoms. The minimum atomic E-state index is -0.434. The standard InChI is InChI=1S/C25H23FN2O3.CH4O/c1-4-13-15-7-20-23-16(9-28(20)24(29)17(15)10-31-25(13)30)21-11(2)5-6-14-12(3)18(26)8-19(27-23)22(14)21;1-2/h7-8,11,13H,4-6,9-10H2,1-3H3;2H,1H3/t11-,13?;/m0./s1. The van der Waals surface area contributed by atoms with Crippen LogP contribution in [0.25, 0.3) is 22.3 Å². The number of aromatic nitrogens is 2. The molecule has 1 aromatic carbocycles. The van der Waals surface area contributed by atoms with Gasteiger partial charge in [0, 0.05) is 24.1 Å². The summed E-state index contributed by atoms with van der Waals surface area (Å²) in [5.74, 6) is -0.639. The molecule has 6 rings (SSSR count). The van der Waals surface area contributed by atoms with Crippen molar-refractivity contribution in [2.45, 2.75) is 65.0 Å². The Hall–Kier alpha value is -3.06. The van der Waals surface area contributed by atoms with Crippen LogP contribution in [0.4, 0.5) is 4.39 Å². The summed E-state index contributed by atoms with van der Waals surface area (Å²) in [5, 5.41) is 8.06. The number of carbonyl (C=O) groups excluding carboxylic acids is 1. The van der Waals surface area contributed by atoms with E-state index in [4.69, 9.17) is 14.8 Å². The van der Waals surface area contributed by atoms with Crippen molar-refractivity contribution in [3.8, 4) is 11.4 Å². The van der Waals surface area contributed by atoms with E-state index in [2.05, 4.69) is 6.92 Å². The highest BCUT2D eigenvalue weighted by Gasteiger charge is 2.36. The van der Waals surface area contributed by atoms with Gasteiger partial charge < -0.3 is 14.4 Å². The lowest BCUT2D eigenvalue weighted by Gasteiger charge is -2.26. The zero-order chi connectivity index (χ0) is 23.6. The number of rotatable bonds is 1. The second-order valence-electron chi connectivity index (χ2n) is 9.07. The average Bonchev–Trinajstić information content (AvgIpc) is 3.18. The quantitative estimate of drug-likeness (QED) is 0.442. The molecule has 2 atom stereocenters. The zero-order valence-electron chi connectivity index (χ0n) is 19.3. The number of hydrogen-bond acceptors (Lipinski definition) is 5. The predicted molar refractivity (Wildman–Crippen MR) is 123 cm³/mol. The number of cyclic esters (lactones) is 1. The van der Waals surface area contributed by atoms with Gasteiger partial charge in [-0.3, -0.25) is 9.59 Å². The Labute approximate surface area is 191 Å². The van der Waals surface area contributed by atoms with Gasteiger partial charge in [0.25, 0.3) is 5.56 Å². The maximum Gasteiger partial charge on any atom is 0.313 e. The van der Waals surface area contributed by atoms with E-state index < -0.39 is 5.92 Å². The number of hydrogen-bond donors (Lipinski definition) is 1. The van der Waals surface area contributed by atoms with Crippen molar-refractivity contribution in [1.82, 2.24) is 9.55 Å². The average molecular weight is 451 g/mol. The topological polar surface area (TPSA) is 81.4 Å². The van der Waals surface area contributed by atoms with Crippen molar-refractivity contribution in [3.05, 3.63) is 61.7 Å². The Morgan fingerprint density at radius 1 is 1.21 bits per heavy atom. The third-order valence-electron chi connectivity index (χ3n) is 7.49. The molecule has 172 valence electrons. The summed E-state index contributed by atoms with van der Waals surface area (Å²) in [5.41, 5.74) is 7.35. The van der Waals surface area contributed by atoms with E-state index in [0.717, 1.165) is 53.4 Å². The molecule has 2 aliphatic heterocycles. The van der Waals surface area contributed by atoms with Gasteiger partial charge in [0.05, 0.1) is 34.9 Å². The van der Waals surface area contributed by atoms with E-state index in [1.165, 1.54) is 11.6 Å². The van der Waals surface area contributed by atoms with Crippen LogP contribution in [0.1, 0.15) is 71.9 Å². The highest BCUT2D eigenvalue weighted by Crippen LogP contribution is 2.45. The number of benzene rings is 1. The Kier molecular flexibility index (Phi) is 5.12. The minimum absolute atomic E-state index is 0.0212. The summed E-state index contributed by atoms with van der Waals surface area (Å²) < 4.78 is 21.7. The second-order valence-corrected chi connectivity index (χ2v) is 9.07. The molecule has 1 aliphatic carbocycles. The summed E-state index contributed by atoms with van der Waals surface area (Å²) >= 11 is 0. The first-order valence-corrected chi connectivity index (χ1v) is 11.4. The molecule has 0 saturated heterocycles. The lowest BCUT2D eigenvalue weighted by molar-refractivity contribution is -0.148. The molecule has 0 fully saturated rings. The van der Waals surface area contributed by atoms with Crippen molar-refractivity contribution in [2.24, 2.45) is 0 Å². The van der Waals surface area contributed by atoms with Gasteiger partial charge in [0.2, 0.25) is 0 Å². The van der Waals surface area contributed by atoms with Crippen LogP contribution in [0.2, 0.25) is 0 Å². The summed E-state index contributed by atoms with van der Waals surface area (Å²) in [7, 11) is 1.00. The number of carbonyl (C=O) groups is 1. The molecule has 1 unspecified atom stereocenters. The Morgan fingerprint density at radius 3 is 2.70 bits per heavy atom. The fraction of sp³-hybridized carbons (Fsp3) is 0.423. The molecule has 3 aromatic rings. The number of aliphatic hydroxyl groups is 1. The molecule has 0 bridgehead atoms. The van der Waals surface area contributed by atoms with Gasteiger partial charge in [-0.15, -0.1) is 0 Å². The molecule has 0 saturated carbocycles. The van der Waals surface area contributed by atoms with Crippen molar-refractivity contribution in [3.63, 3.8) is 0 Å². The molecule has 0 radical (unpaired) electrons. The number of nitrogens with zero attached hydrogens (tertiary/aromatic N) is 2. The second kappa shape index (κ2) is 7.76. The van der Waals surface area contributed by atoms with Crippen LogP contribution in [-0.2, 0) is 29.1 Å². The Bertz CT molecular complexity index is 1390. The fourth-order valence-electron chi connectivity index (χ4n) is 5.81. The van der Waals surface area contributed by atoms with Gasteiger partial charge in [-0.25, -0.2) is 9.37 Å². The van der Waals surface area contributed by atoms with Gasteiger partial charge >= 0.3 is 5.97 Å². The number of fused-ring (bicyclic) bond motifs is 5. The van der Waals surface area contributed by atoms with Crippen molar-refractivity contribution in [1.29, 1.82) is 0 Å². The highest BCUT2D eigenvalue weighted by molar-refractivity contribution is 5.93. The number of aryl methyl sites for hydroxylation is 1. The van der Waals surface area contributed by atoms with Gasteiger partial charge in [-0.1, -0.05) is 13.8 Å². The van der Waals surface area contributed by atoms with E-state index in [-0.39, 0.29) is 24.0 Å². The molecule has 4 heterocycles. The van der Waals surface area contributed by atoms with Crippen LogP contribution in [0.5, 0.6) is 0 Å². The lowest BCUT2D eigenvalue weighted by atomic mass is 9.79. The Balaban J connectivity index is 0.00000111. The van der Waals surface area contributed by atoms with Crippen LogP contribution in [0.15, 0.2) is 16.9 Å². The van der Waals surface area contributed by atoms with Crippen molar-refractivity contribution in [2.75, 3.05) is 7.11 Å². The minimum Gasteiger partial charge on any atom is -0.460 e. The molecule has 6 nitrogen and oxygen atoms in total. The fourth-order valence-corrected chi connectivity index (χ4v) is 5.81. The van der Waals surface area contributed by atoms with E-state index in [9.17, 15) is 14.0 Å². The van der Waals surface area contributed by atoms with E-state index in [0.29, 0.717) is 35.5 Å². The lowest BCUT2D eigenvalue weighted by Crippen LogP contribution is -2.32. The van der Waals surface area contributed by atoms with E-state index in [1.54, 1.807) is 4.57 Å². The van der Waals surface area contributed by atoms with Crippen molar-refractivity contribution >= 4 is 16.9 Å². The van der Waals surface area contributed by atoms with Gasteiger partial charge in [0.1, 0.15) is 12.4 Å². The number of esters is 1. The maximum absolute atomic E-state index is 14.7. The molecule has 3 aliphatic rings. The number of ether oxygens (including phenoxy) is 1. The van der Waals surface area contributed by atoms with Crippen LogP contribution in [0.3, 0.4) is 0 Å². The summed E-state index contributed by atoms with van der Waals surface area (Å²) in [6, 6.07) is 3.48. The molecular weight excluding hydrogens is 423 g/mol. The van der Waals surface area contributed by atoms with Crippen LogP contribution in [0, 0.1) is 12.7 Å². The van der Waals surface area contributed by atoms with Crippen molar-refractivity contribution < 1.29 is 19.0 Å². The van der Waals surface area contributed by atoms with E-state index in [1.807, 2.05) is 19.9 Å². The monoisotopic (exact) mass is 450 g/mol. The zero-order valence-corrected chi connectivity index (χ0v) is 19.3. The van der Waals surface area contributed by atoms with E-state index >= 15 is 0 Å². The van der Waals surface area contributed by atoms with Gasteiger partial charge in [-0.2, -0.15) is 0 Å². The summed E-state index contributed by atoms with van der Waals surface area (Å²) in [4.78, 5) is 30.6. The normalized spacial score (nSPS) is 19.9. The smallest absolute Gasteiger partial charge is 0.313 e. The molecule has 0 amide bonds. The van der Waals surface area contributed by atoms with Crippen LogP contribution < -0.4 is 5.56 Å². The van der Waals surface area contributed by atoms with Crippen LogP contribution in [-0.4, -0.2) is 27.7 Å². The Morgan fingerprint density at radius 2 is 1.97 bits per heavy atom. The van der Waals surface area contributed by atoms with Gasteiger partial charge in [-0.05, 0) is 60.4 Å².